The number of carbonyl (C=O) groups is 2. The van der Waals surface area contributed by atoms with Gasteiger partial charge in [0, 0.05) is 16.5 Å². The highest BCUT2D eigenvalue weighted by Gasteiger charge is 2.36. The number of hydrogen-bond acceptors (Lipinski definition) is 6. The molecule has 0 rings (SSSR count). The van der Waals surface area contributed by atoms with Gasteiger partial charge in [0.2, 0.25) is 0 Å². The quantitative estimate of drug-likeness (QED) is 0.133. The molecule has 0 aromatic carbocycles. The fourth-order valence-corrected chi connectivity index (χ4v) is 3.95. The van der Waals surface area contributed by atoms with E-state index in [-0.39, 0.29) is 23.2 Å². The zero-order valence-corrected chi connectivity index (χ0v) is 22.3. The van der Waals surface area contributed by atoms with Crippen LogP contribution < -0.4 is 0 Å². The molecular weight excluding hydrogens is 408 g/mol. The van der Waals surface area contributed by atoms with Gasteiger partial charge in [-0.25, -0.2) is 9.59 Å². The van der Waals surface area contributed by atoms with Gasteiger partial charge in [-0.15, -0.1) is 0 Å². The summed E-state index contributed by atoms with van der Waals surface area (Å²) in [5.74, 6) is -1.34. The molecule has 0 aromatic heterocycles. The van der Waals surface area contributed by atoms with Crippen molar-refractivity contribution in [1.29, 1.82) is 0 Å². The Kier molecular flexibility index (Phi) is 14.4. The molecule has 0 aromatic rings. The van der Waals surface area contributed by atoms with Gasteiger partial charge in [0.05, 0.1) is 5.92 Å². The molecule has 0 saturated heterocycles. The van der Waals surface area contributed by atoms with Crippen LogP contribution in [0.5, 0.6) is 0 Å². The Morgan fingerprint density at radius 1 is 0.688 bits per heavy atom. The van der Waals surface area contributed by atoms with Crippen LogP contribution in [0.2, 0.25) is 0 Å². The molecule has 1 unspecified atom stereocenters. The maximum absolute atomic E-state index is 12.7. The average Bonchev–Trinajstić information content (AvgIpc) is 2.62. The Hall–Kier alpha value is -1.14. The van der Waals surface area contributed by atoms with Crippen molar-refractivity contribution < 1.29 is 29.4 Å². The van der Waals surface area contributed by atoms with Crippen LogP contribution in [0.25, 0.3) is 0 Å². The standard InChI is InChI=1S/C26H50O6/c1-10-18-26(8,9)21(16-13-15-20-25(5,6)7)23(28)30-32-31-29-22(27)17-12-11-14-19-24(2,3)4/h21H,10-20H2,1-9H3. The molecule has 0 aliphatic rings. The van der Waals surface area contributed by atoms with Crippen molar-refractivity contribution in [2.75, 3.05) is 0 Å². The fraction of sp³-hybridized carbons (Fsp3) is 0.923. The molecule has 0 aliphatic heterocycles. The monoisotopic (exact) mass is 458 g/mol. The van der Waals surface area contributed by atoms with Gasteiger partial charge in [0.1, 0.15) is 0 Å². The lowest BCUT2D eigenvalue weighted by Crippen LogP contribution is -2.32. The van der Waals surface area contributed by atoms with Crippen molar-refractivity contribution in [2.45, 2.75) is 133 Å². The first-order valence-corrected chi connectivity index (χ1v) is 12.4. The Morgan fingerprint density at radius 3 is 1.75 bits per heavy atom. The average molecular weight is 459 g/mol. The summed E-state index contributed by atoms with van der Waals surface area (Å²) in [5, 5.41) is 8.84. The smallest absolute Gasteiger partial charge is 0.266 e. The van der Waals surface area contributed by atoms with Gasteiger partial charge in [0.25, 0.3) is 0 Å². The van der Waals surface area contributed by atoms with Crippen molar-refractivity contribution in [2.24, 2.45) is 22.2 Å². The second-order valence-corrected chi connectivity index (χ2v) is 12.2. The topological polar surface area (TPSA) is 71.1 Å². The minimum absolute atomic E-state index is 0.222. The van der Waals surface area contributed by atoms with E-state index >= 15 is 0 Å². The van der Waals surface area contributed by atoms with Gasteiger partial charge in [-0.05, 0) is 48.3 Å². The van der Waals surface area contributed by atoms with E-state index in [1.807, 2.05) is 0 Å². The summed E-state index contributed by atoms with van der Waals surface area (Å²) < 4.78 is 0. The van der Waals surface area contributed by atoms with Gasteiger partial charge in [-0.1, -0.05) is 94.4 Å². The van der Waals surface area contributed by atoms with Crippen molar-refractivity contribution in [3.63, 3.8) is 0 Å². The molecule has 6 heteroatoms. The maximum Gasteiger partial charge on any atom is 0.349 e. The maximum atomic E-state index is 12.7. The van der Waals surface area contributed by atoms with Gasteiger partial charge < -0.3 is 0 Å². The van der Waals surface area contributed by atoms with Crippen molar-refractivity contribution in [3.05, 3.63) is 0 Å². The van der Waals surface area contributed by atoms with E-state index in [1.54, 1.807) is 0 Å². The van der Waals surface area contributed by atoms with E-state index in [2.05, 4.69) is 77.3 Å². The van der Waals surface area contributed by atoms with E-state index in [0.717, 1.165) is 64.2 Å². The molecule has 6 nitrogen and oxygen atoms in total. The first kappa shape index (κ1) is 30.9. The first-order valence-electron chi connectivity index (χ1n) is 12.4. The molecule has 32 heavy (non-hydrogen) atoms. The zero-order valence-electron chi connectivity index (χ0n) is 22.3. The molecule has 0 fully saturated rings. The van der Waals surface area contributed by atoms with E-state index in [1.165, 1.54) is 0 Å². The molecule has 0 bridgehead atoms. The molecule has 0 saturated carbocycles. The molecule has 1 atom stereocenters. The van der Waals surface area contributed by atoms with Gasteiger partial charge in [-0.2, -0.15) is 0 Å². The predicted molar refractivity (Wildman–Crippen MR) is 127 cm³/mol. The molecule has 0 heterocycles. The van der Waals surface area contributed by atoms with Crippen molar-refractivity contribution >= 4 is 11.9 Å². The van der Waals surface area contributed by atoms with Crippen LogP contribution in [0.3, 0.4) is 0 Å². The van der Waals surface area contributed by atoms with Gasteiger partial charge in [0.15, 0.2) is 0 Å². The molecule has 0 spiro atoms. The second-order valence-electron chi connectivity index (χ2n) is 12.2. The van der Waals surface area contributed by atoms with Crippen LogP contribution in [-0.2, 0) is 29.4 Å². The van der Waals surface area contributed by atoms with Crippen LogP contribution in [0.1, 0.15) is 133 Å². The van der Waals surface area contributed by atoms with E-state index in [9.17, 15) is 9.59 Å². The molecular formula is C26H50O6. The highest BCUT2D eigenvalue weighted by molar-refractivity contribution is 5.72. The Morgan fingerprint density at radius 2 is 1.22 bits per heavy atom. The third kappa shape index (κ3) is 16.5. The van der Waals surface area contributed by atoms with Crippen LogP contribution in [-0.4, -0.2) is 11.9 Å². The largest absolute Gasteiger partial charge is 0.349 e. The lowest BCUT2D eigenvalue weighted by Gasteiger charge is -2.32. The van der Waals surface area contributed by atoms with E-state index in [4.69, 9.17) is 4.89 Å². The third-order valence-electron chi connectivity index (χ3n) is 5.87. The van der Waals surface area contributed by atoms with E-state index < -0.39 is 11.9 Å². The van der Waals surface area contributed by atoms with E-state index in [0.29, 0.717) is 5.41 Å². The first-order chi connectivity index (χ1) is 14.7. The lowest BCUT2D eigenvalue weighted by atomic mass is 9.73. The highest BCUT2D eigenvalue weighted by atomic mass is 17.7. The van der Waals surface area contributed by atoms with Crippen molar-refractivity contribution in [3.8, 4) is 0 Å². The second kappa shape index (κ2) is 14.9. The lowest BCUT2D eigenvalue weighted by molar-refractivity contribution is -0.601. The summed E-state index contributed by atoms with van der Waals surface area (Å²) in [6.45, 7) is 19.5. The Bertz CT molecular complexity index is 527. The summed E-state index contributed by atoms with van der Waals surface area (Å²) >= 11 is 0. The molecule has 190 valence electrons. The summed E-state index contributed by atoms with van der Waals surface area (Å²) in [4.78, 5) is 33.7. The number of hydrogen-bond donors (Lipinski definition) is 0. The van der Waals surface area contributed by atoms with Crippen LogP contribution in [0, 0.1) is 22.2 Å². The van der Waals surface area contributed by atoms with Gasteiger partial charge in [-0.3, -0.25) is 9.78 Å². The van der Waals surface area contributed by atoms with Crippen LogP contribution in [0.15, 0.2) is 0 Å². The summed E-state index contributed by atoms with van der Waals surface area (Å²) in [6.07, 6.45) is 9.79. The Labute approximate surface area is 196 Å². The van der Waals surface area contributed by atoms with Gasteiger partial charge >= 0.3 is 11.9 Å². The number of rotatable bonds is 16. The van der Waals surface area contributed by atoms with Crippen LogP contribution >= 0.6 is 0 Å². The molecule has 0 radical (unpaired) electrons. The third-order valence-corrected chi connectivity index (χ3v) is 5.87. The minimum atomic E-state index is -0.540. The number of carbonyl (C=O) groups excluding carboxylic acids is 2. The van der Waals surface area contributed by atoms with Crippen LogP contribution in [0.4, 0.5) is 0 Å². The minimum Gasteiger partial charge on any atom is -0.266 e. The Balaban J connectivity index is 4.32. The molecule has 0 aliphatic carbocycles. The predicted octanol–water partition coefficient (Wildman–Crippen LogP) is 7.90. The molecule has 0 N–H and O–H groups in total. The summed E-state index contributed by atoms with van der Waals surface area (Å²) in [7, 11) is 0. The zero-order chi connectivity index (χ0) is 24.8. The fourth-order valence-electron chi connectivity index (χ4n) is 3.95. The highest BCUT2D eigenvalue weighted by Crippen LogP contribution is 2.37. The molecule has 0 amide bonds. The number of unbranched alkanes of at least 4 members (excludes halogenated alkanes) is 3. The normalized spacial score (nSPS) is 13.7. The van der Waals surface area contributed by atoms with Crippen molar-refractivity contribution in [1.82, 2.24) is 0 Å². The summed E-state index contributed by atoms with van der Waals surface area (Å²) in [5.41, 5.74) is 0.362. The SMILES string of the molecule is CCCC(C)(C)C(CCCCC(C)(C)C)C(=O)OOOOC(=O)CCCCCC(C)(C)C. The summed E-state index contributed by atoms with van der Waals surface area (Å²) in [6, 6.07) is 0.